The lowest BCUT2D eigenvalue weighted by Gasteiger charge is -2.24. The first-order valence-electron chi connectivity index (χ1n) is 9.92. The molecule has 4 rings (SSSR count). The molecule has 0 aliphatic carbocycles. The van der Waals surface area contributed by atoms with E-state index in [9.17, 15) is 10.1 Å². The Morgan fingerprint density at radius 3 is 2.44 bits per heavy atom. The monoisotopic (exact) mass is 431 g/mol. The molecule has 0 fully saturated rings. The number of carbonyl (C=O) groups is 1. The Morgan fingerprint density at radius 1 is 1.16 bits per heavy atom. The Morgan fingerprint density at radius 2 is 1.81 bits per heavy atom. The van der Waals surface area contributed by atoms with Gasteiger partial charge in [-0.1, -0.05) is 12.1 Å². The quantitative estimate of drug-likeness (QED) is 0.520. The number of hydrogen-bond acceptors (Lipinski definition) is 7. The van der Waals surface area contributed by atoms with Crippen LogP contribution in [0.1, 0.15) is 24.0 Å². The minimum atomic E-state index is -0.566. The lowest BCUT2D eigenvalue weighted by Crippen LogP contribution is -2.21. The standard InChI is InChI=1S/C23H21N5O4/c1-2-30-15-9-5-14(6-10-15)21-20-19(17(11-24)22(26)32-23(20)28-27-21)13-3-7-16(8-4-13)31-12-18(25)29/h3-10,19H,2,12,26H2,1H3,(H2,25,29)(H,27,28)/t19-/m1/s1. The molecule has 32 heavy (non-hydrogen) atoms. The number of rotatable bonds is 7. The van der Waals surface area contributed by atoms with Gasteiger partial charge in [-0.05, 0) is 48.9 Å². The number of fused-ring (bicyclic) bond motifs is 1. The van der Waals surface area contributed by atoms with Crippen LogP contribution in [0.25, 0.3) is 11.3 Å². The van der Waals surface area contributed by atoms with Crippen molar-refractivity contribution >= 4 is 5.91 Å². The van der Waals surface area contributed by atoms with Crippen LogP contribution >= 0.6 is 0 Å². The summed E-state index contributed by atoms with van der Waals surface area (Å²) in [5, 5.41) is 17.1. The van der Waals surface area contributed by atoms with Gasteiger partial charge in [0.05, 0.1) is 23.8 Å². The number of aromatic amines is 1. The van der Waals surface area contributed by atoms with Crippen LogP contribution in [-0.4, -0.2) is 29.3 Å². The van der Waals surface area contributed by atoms with Gasteiger partial charge >= 0.3 is 0 Å². The molecule has 9 nitrogen and oxygen atoms in total. The highest BCUT2D eigenvalue weighted by Gasteiger charge is 2.35. The number of H-pyrrole nitrogens is 1. The van der Waals surface area contributed by atoms with E-state index in [1.165, 1.54) is 0 Å². The summed E-state index contributed by atoms with van der Waals surface area (Å²) in [4.78, 5) is 11.0. The average molecular weight is 431 g/mol. The summed E-state index contributed by atoms with van der Waals surface area (Å²) < 4.78 is 16.5. The van der Waals surface area contributed by atoms with Crippen LogP contribution in [-0.2, 0) is 4.79 Å². The molecule has 1 aliphatic rings. The van der Waals surface area contributed by atoms with Gasteiger partial charge in [0.15, 0.2) is 6.61 Å². The van der Waals surface area contributed by atoms with Crippen LogP contribution in [0.4, 0.5) is 0 Å². The van der Waals surface area contributed by atoms with Crippen LogP contribution in [0.5, 0.6) is 17.4 Å². The van der Waals surface area contributed by atoms with Crippen molar-refractivity contribution in [3.05, 3.63) is 71.1 Å². The summed E-state index contributed by atoms with van der Waals surface area (Å²) >= 11 is 0. The molecule has 1 atom stereocenters. The summed E-state index contributed by atoms with van der Waals surface area (Å²) in [7, 11) is 0. The van der Waals surface area contributed by atoms with Crippen LogP contribution in [0.3, 0.4) is 0 Å². The normalized spacial score (nSPS) is 14.8. The second kappa shape index (κ2) is 8.73. The largest absolute Gasteiger partial charge is 0.494 e. The SMILES string of the molecule is CCOc1ccc(-c2[nH]nc3c2[C@H](c2ccc(OCC(N)=O)cc2)C(C#N)=C(N)O3)cc1. The molecule has 5 N–H and O–H groups in total. The number of nitrogens with two attached hydrogens (primary N) is 2. The van der Waals surface area contributed by atoms with E-state index < -0.39 is 11.8 Å². The second-order valence-electron chi connectivity index (χ2n) is 7.02. The number of benzene rings is 2. The smallest absolute Gasteiger partial charge is 0.255 e. The lowest BCUT2D eigenvalue weighted by molar-refractivity contribution is -0.119. The highest BCUT2D eigenvalue weighted by Crippen LogP contribution is 2.45. The van der Waals surface area contributed by atoms with Gasteiger partial charge < -0.3 is 25.7 Å². The van der Waals surface area contributed by atoms with Gasteiger partial charge in [0, 0.05) is 5.56 Å². The lowest BCUT2D eigenvalue weighted by atomic mass is 9.83. The van der Waals surface area contributed by atoms with E-state index in [1.807, 2.05) is 31.2 Å². The highest BCUT2D eigenvalue weighted by molar-refractivity contribution is 5.75. The number of nitriles is 1. The fourth-order valence-corrected chi connectivity index (χ4v) is 3.59. The number of amides is 1. The number of carbonyl (C=O) groups excluding carboxylic acids is 1. The second-order valence-corrected chi connectivity index (χ2v) is 7.02. The molecule has 0 saturated heterocycles. The number of hydrogen-bond donors (Lipinski definition) is 3. The van der Waals surface area contributed by atoms with E-state index in [-0.39, 0.29) is 18.1 Å². The number of aromatic nitrogens is 2. The Bertz CT molecular complexity index is 1210. The van der Waals surface area contributed by atoms with Crippen molar-refractivity contribution < 1.29 is 19.0 Å². The molecule has 0 radical (unpaired) electrons. The summed E-state index contributed by atoms with van der Waals surface area (Å²) in [5.41, 5.74) is 14.5. The van der Waals surface area contributed by atoms with Gasteiger partial charge in [-0.25, -0.2) is 0 Å². The van der Waals surface area contributed by atoms with E-state index in [1.54, 1.807) is 24.3 Å². The Balaban J connectivity index is 1.75. The van der Waals surface area contributed by atoms with Crippen molar-refractivity contribution in [2.24, 2.45) is 11.5 Å². The van der Waals surface area contributed by atoms with Gasteiger partial charge in [0.2, 0.25) is 11.8 Å². The van der Waals surface area contributed by atoms with Crippen LogP contribution in [0.2, 0.25) is 0 Å². The molecule has 9 heteroatoms. The number of ether oxygens (including phenoxy) is 3. The van der Waals surface area contributed by atoms with Crippen molar-refractivity contribution in [2.75, 3.05) is 13.2 Å². The fourth-order valence-electron chi connectivity index (χ4n) is 3.59. The third-order valence-electron chi connectivity index (χ3n) is 4.99. The molecule has 0 unspecified atom stereocenters. The molecule has 2 aromatic carbocycles. The molecule has 1 aromatic heterocycles. The molecule has 0 bridgehead atoms. The number of nitrogens with one attached hydrogen (secondary N) is 1. The highest BCUT2D eigenvalue weighted by atomic mass is 16.5. The third-order valence-corrected chi connectivity index (χ3v) is 4.99. The van der Waals surface area contributed by atoms with E-state index in [4.69, 9.17) is 25.7 Å². The molecule has 1 aliphatic heterocycles. The number of primary amides is 1. The van der Waals surface area contributed by atoms with E-state index in [2.05, 4.69) is 16.3 Å². The number of allylic oxidation sites excluding steroid dienone is 1. The minimum Gasteiger partial charge on any atom is -0.494 e. The summed E-state index contributed by atoms with van der Waals surface area (Å²) in [6, 6.07) is 16.7. The van der Waals surface area contributed by atoms with E-state index in [0.717, 1.165) is 16.9 Å². The fraction of sp³-hybridized carbons (Fsp3) is 0.174. The van der Waals surface area contributed by atoms with Crippen molar-refractivity contribution in [1.29, 1.82) is 5.26 Å². The zero-order chi connectivity index (χ0) is 22.7. The molecular weight excluding hydrogens is 410 g/mol. The maximum Gasteiger partial charge on any atom is 0.255 e. The summed E-state index contributed by atoms with van der Waals surface area (Å²) in [5.74, 6) is 0.478. The summed E-state index contributed by atoms with van der Waals surface area (Å²) in [6.45, 7) is 2.27. The molecule has 162 valence electrons. The predicted octanol–water partition coefficient (Wildman–Crippen LogP) is 2.56. The van der Waals surface area contributed by atoms with Gasteiger partial charge in [0.1, 0.15) is 23.1 Å². The third kappa shape index (κ3) is 3.94. The molecule has 3 aromatic rings. The van der Waals surface area contributed by atoms with Crippen LogP contribution in [0.15, 0.2) is 60.0 Å². The first-order valence-corrected chi connectivity index (χ1v) is 9.92. The van der Waals surface area contributed by atoms with Crippen molar-refractivity contribution in [3.8, 4) is 34.7 Å². The van der Waals surface area contributed by atoms with Crippen molar-refractivity contribution in [3.63, 3.8) is 0 Å². The zero-order valence-electron chi connectivity index (χ0n) is 17.3. The number of nitrogens with zero attached hydrogens (tertiary/aromatic N) is 2. The zero-order valence-corrected chi connectivity index (χ0v) is 17.3. The van der Waals surface area contributed by atoms with Crippen LogP contribution < -0.4 is 25.7 Å². The van der Waals surface area contributed by atoms with E-state index in [0.29, 0.717) is 29.5 Å². The van der Waals surface area contributed by atoms with Gasteiger partial charge in [-0.15, -0.1) is 5.10 Å². The Kier molecular flexibility index (Phi) is 5.68. The minimum absolute atomic E-state index is 0.00352. The predicted molar refractivity (Wildman–Crippen MR) is 116 cm³/mol. The van der Waals surface area contributed by atoms with Crippen molar-refractivity contribution in [1.82, 2.24) is 10.2 Å². The molecular formula is C23H21N5O4. The van der Waals surface area contributed by atoms with Gasteiger partial charge in [-0.3, -0.25) is 9.89 Å². The van der Waals surface area contributed by atoms with Crippen LogP contribution in [0, 0.1) is 11.3 Å². The molecule has 2 heterocycles. The molecule has 1 amide bonds. The Labute approximate surface area is 184 Å². The summed E-state index contributed by atoms with van der Waals surface area (Å²) in [6.07, 6.45) is 0. The first kappa shape index (κ1) is 20.8. The average Bonchev–Trinajstić information content (AvgIpc) is 3.21. The Hall–Kier alpha value is -4.45. The molecule has 0 saturated carbocycles. The maximum atomic E-state index is 11.0. The van der Waals surface area contributed by atoms with Gasteiger partial charge in [0.25, 0.3) is 5.91 Å². The molecule has 0 spiro atoms. The topological polar surface area (TPSA) is 149 Å². The van der Waals surface area contributed by atoms with E-state index >= 15 is 0 Å². The van der Waals surface area contributed by atoms with Crippen molar-refractivity contribution in [2.45, 2.75) is 12.8 Å². The maximum absolute atomic E-state index is 11.0. The van der Waals surface area contributed by atoms with Gasteiger partial charge in [-0.2, -0.15) is 5.26 Å². The first-order chi connectivity index (χ1) is 15.5.